The van der Waals surface area contributed by atoms with Gasteiger partial charge in [0.1, 0.15) is 0 Å². The van der Waals surface area contributed by atoms with Gasteiger partial charge in [-0.3, -0.25) is 0 Å². The summed E-state index contributed by atoms with van der Waals surface area (Å²) >= 11 is 0. The van der Waals surface area contributed by atoms with Crippen molar-refractivity contribution in [3.05, 3.63) is 41.5 Å². The maximum absolute atomic E-state index is 11.6. The highest BCUT2D eigenvalue weighted by Crippen LogP contribution is 2.23. The number of hydrogen-bond donors (Lipinski definition) is 0. The minimum atomic E-state index is -0.192. The second-order valence-corrected chi connectivity index (χ2v) is 3.55. The van der Waals surface area contributed by atoms with Gasteiger partial charge in [-0.25, -0.2) is 4.79 Å². The summed E-state index contributed by atoms with van der Waals surface area (Å²) in [4.78, 5) is 11.6. The van der Waals surface area contributed by atoms with Crippen molar-refractivity contribution >= 4 is 11.5 Å². The minimum absolute atomic E-state index is 0.192. The summed E-state index contributed by atoms with van der Waals surface area (Å²) in [7, 11) is 0. The first-order valence-corrected chi connectivity index (χ1v) is 5.28. The van der Waals surface area contributed by atoms with E-state index in [0.717, 1.165) is 24.0 Å². The molecule has 0 spiro atoms. The van der Waals surface area contributed by atoms with Crippen molar-refractivity contribution in [3.63, 3.8) is 0 Å². The Bertz CT molecular complexity index is 405. The molecular formula is C13H14O2. The highest BCUT2D eigenvalue weighted by Gasteiger charge is 2.18. The Labute approximate surface area is 89.6 Å². The van der Waals surface area contributed by atoms with Gasteiger partial charge in [0, 0.05) is 6.42 Å². The summed E-state index contributed by atoms with van der Waals surface area (Å²) in [5.41, 5.74) is 2.94. The van der Waals surface area contributed by atoms with Gasteiger partial charge >= 0.3 is 5.97 Å². The molecule has 0 N–H and O–H groups in total. The van der Waals surface area contributed by atoms with Gasteiger partial charge in [-0.05, 0) is 17.5 Å². The molecule has 78 valence electrons. The summed E-state index contributed by atoms with van der Waals surface area (Å²) in [6, 6.07) is 7.99. The quantitative estimate of drug-likeness (QED) is 0.689. The van der Waals surface area contributed by atoms with Crippen molar-refractivity contribution in [3.8, 4) is 0 Å². The van der Waals surface area contributed by atoms with E-state index in [0.29, 0.717) is 6.61 Å². The van der Waals surface area contributed by atoms with Crippen molar-refractivity contribution in [2.45, 2.75) is 19.8 Å². The van der Waals surface area contributed by atoms with Crippen molar-refractivity contribution < 1.29 is 9.53 Å². The van der Waals surface area contributed by atoms with E-state index in [1.165, 1.54) is 5.56 Å². The number of ether oxygens (including phenoxy) is 1. The van der Waals surface area contributed by atoms with Crippen LogP contribution in [0.25, 0.3) is 5.57 Å². The molecule has 1 aliphatic rings. The van der Waals surface area contributed by atoms with Gasteiger partial charge in [0.15, 0.2) is 0 Å². The van der Waals surface area contributed by atoms with Gasteiger partial charge in [0.2, 0.25) is 0 Å². The van der Waals surface area contributed by atoms with E-state index in [1.807, 2.05) is 24.3 Å². The van der Waals surface area contributed by atoms with Crippen LogP contribution in [0, 0.1) is 0 Å². The van der Waals surface area contributed by atoms with E-state index >= 15 is 0 Å². The minimum Gasteiger partial charge on any atom is -0.462 e. The molecule has 0 radical (unpaired) electrons. The fraction of sp³-hybridized carbons (Fsp3) is 0.308. The molecule has 1 aliphatic heterocycles. The average Bonchev–Trinajstić information content (AvgIpc) is 2.30. The number of carbonyl (C=O) groups excluding carboxylic acids is 1. The molecule has 0 atom stereocenters. The predicted molar refractivity (Wildman–Crippen MR) is 59.4 cm³/mol. The Kier molecular flexibility index (Phi) is 2.86. The lowest BCUT2D eigenvalue weighted by Crippen LogP contribution is -2.13. The summed E-state index contributed by atoms with van der Waals surface area (Å²) in [6.07, 6.45) is 3.72. The third kappa shape index (κ3) is 1.94. The molecule has 2 heteroatoms. The van der Waals surface area contributed by atoms with Crippen LogP contribution in [0.4, 0.5) is 0 Å². The first-order chi connectivity index (χ1) is 7.33. The number of cyclic esters (lactones) is 1. The SMILES string of the molecule is CCc1ccccc1C1=CCCOC1=O. The molecule has 0 amide bonds. The van der Waals surface area contributed by atoms with Crippen LogP contribution in [-0.2, 0) is 16.0 Å². The van der Waals surface area contributed by atoms with Crippen LogP contribution in [0.1, 0.15) is 24.5 Å². The zero-order chi connectivity index (χ0) is 10.7. The Hall–Kier alpha value is -1.57. The number of esters is 1. The van der Waals surface area contributed by atoms with E-state index < -0.39 is 0 Å². The molecule has 0 saturated heterocycles. The van der Waals surface area contributed by atoms with Crippen LogP contribution in [0.2, 0.25) is 0 Å². The van der Waals surface area contributed by atoms with Crippen LogP contribution in [0.15, 0.2) is 30.3 Å². The van der Waals surface area contributed by atoms with Crippen LogP contribution in [-0.4, -0.2) is 12.6 Å². The first-order valence-electron chi connectivity index (χ1n) is 5.28. The topological polar surface area (TPSA) is 26.3 Å². The Balaban J connectivity index is 2.44. The third-order valence-corrected chi connectivity index (χ3v) is 2.61. The number of hydrogen-bond acceptors (Lipinski definition) is 2. The second-order valence-electron chi connectivity index (χ2n) is 3.55. The first kappa shape index (κ1) is 9.97. The number of benzene rings is 1. The largest absolute Gasteiger partial charge is 0.462 e. The standard InChI is InChI=1S/C13H14O2/c1-2-10-6-3-4-7-11(10)12-8-5-9-15-13(12)14/h3-4,6-8H,2,5,9H2,1H3. The summed E-state index contributed by atoms with van der Waals surface area (Å²) in [5.74, 6) is -0.192. The summed E-state index contributed by atoms with van der Waals surface area (Å²) in [5, 5.41) is 0. The smallest absolute Gasteiger partial charge is 0.338 e. The molecule has 1 heterocycles. The highest BCUT2D eigenvalue weighted by atomic mass is 16.5. The maximum Gasteiger partial charge on any atom is 0.338 e. The molecule has 0 bridgehead atoms. The lowest BCUT2D eigenvalue weighted by Gasteiger charge is -2.15. The Morgan fingerprint density at radius 2 is 2.13 bits per heavy atom. The van der Waals surface area contributed by atoms with Gasteiger partial charge in [-0.2, -0.15) is 0 Å². The molecule has 15 heavy (non-hydrogen) atoms. The monoisotopic (exact) mass is 202 g/mol. The maximum atomic E-state index is 11.6. The molecule has 2 rings (SSSR count). The molecule has 0 aliphatic carbocycles. The Morgan fingerprint density at radius 1 is 1.33 bits per heavy atom. The van der Waals surface area contributed by atoms with Crippen LogP contribution in [0.5, 0.6) is 0 Å². The molecule has 1 aromatic carbocycles. The number of aryl methyl sites for hydroxylation is 1. The lowest BCUT2D eigenvalue weighted by molar-refractivity contribution is -0.137. The highest BCUT2D eigenvalue weighted by molar-refractivity contribution is 6.17. The zero-order valence-electron chi connectivity index (χ0n) is 8.82. The van der Waals surface area contributed by atoms with Gasteiger partial charge in [0.05, 0.1) is 12.2 Å². The van der Waals surface area contributed by atoms with Crippen LogP contribution in [0.3, 0.4) is 0 Å². The lowest BCUT2D eigenvalue weighted by atomic mass is 9.96. The van der Waals surface area contributed by atoms with E-state index in [9.17, 15) is 4.79 Å². The molecule has 0 fully saturated rings. The van der Waals surface area contributed by atoms with E-state index in [2.05, 4.69) is 13.0 Å². The van der Waals surface area contributed by atoms with Gasteiger partial charge in [-0.1, -0.05) is 37.3 Å². The summed E-state index contributed by atoms with van der Waals surface area (Å²) < 4.78 is 5.04. The average molecular weight is 202 g/mol. The van der Waals surface area contributed by atoms with E-state index in [-0.39, 0.29) is 5.97 Å². The van der Waals surface area contributed by atoms with Crippen molar-refractivity contribution in [2.24, 2.45) is 0 Å². The van der Waals surface area contributed by atoms with Crippen molar-refractivity contribution in [1.29, 1.82) is 0 Å². The van der Waals surface area contributed by atoms with Crippen molar-refractivity contribution in [2.75, 3.05) is 6.61 Å². The normalized spacial score (nSPS) is 15.8. The van der Waals surface area contributed by atoms with E-state index in [1.54, 1.807) is 0 Å². The van der Waals surface area contributed by atoms with Gasteiger partial charge < -0.3 is 4.74 Å². The van der Waals surface area contributed by atoms with Crippen LogP contribution < -0.4 is 0 Å². The number of rotatable bonds is 2. The van der Waals surface area contributed by atoms with Crippen LogP contribution >= 0.6 is 0 Å². The summed E-state index contributed by atoms with van der Waals surface area (Å²) in [6.45, 7) is 2.60. The molecule has 1 aromatic rings. The number of carbonyl (C=O) groups is 1. The fourth-order valence-corrected chi connectivity index (χ4v) is 1.83. The molecule has 0 unspecified atom stereocenters. The Morgan fingerprint density at radius 3 is 2.87 bits per heavy atom. The van der Waals surface area contributed by atoms with Gasteiger partial charge in [0.25, 0.3) is 0 Å². The molecule has 0 saturated carbocycles. The zero-order valence-corrected chi connectivity index (χ0v) is 8.82. The third-order valence-electron chi connectivity index (χ3n) is 2.61. The van der Waals surface area contributed by atoms with E-state index in [4.69, 9.17) is 4.74 Å². The van der Waals surface area contributed by atoms with Gasteiger partial charge in [-0.15, -0.1) is 0 Å². The predicted octanol–water partition coefficient (Wildman–Crippen LogP) is 2.58. The fourth-order valence-electron chi connectivity index (χ4n) is 1.83. The van der Waals surface area contributed by atoms with Crippen molar-refractivity contribution in [1.82, 2.24) is 0 Å². The second kappa shape index (κ2) is 4.30. The molecule has 0 aromatic heterocycles. The molecule has 2 nitrogen and oxygen atoms in total. The molecular weight excluding hydrogens is 188 g/mol.